The number of pyridine rings is 1. The lowest BCUT2D eigenvalue weighted by atomic mass is 10.1. The smallest absolute Gasteiger partial charge is 0.405 e. The van der Waals surface area contributed by atoms with Gasteiger partial charge in [0.1, 0.15) is 24.7 Å². The van der Waals surface area contributed by atoms with E-state index in [2.05, 4.69) is 4.98 Å². The van der Waals surface area contributed by atoms with E-state index in [-0.39, 0.29) is 17.0 Å². The zero-order chi connectivity index (χ0) is 15.6. The van der Waals surface area contributed by atoms with Gasteiger partial charge in [-0.05, 0) is 23.6 Å². The van der Waals surface area contributed by atoms with Gasteiger partial charge in [-0.2, -0.15) is 13.2 Å². The van der Waals surface area contributed by atoms with Crippen LogP contribution in [0, 0.1) is 0 Å². The predicted molar refractivity (Wildman–Crippen MR) is 69.3 cm³/mol. The van der Waals surface area contributed by atoms with Crippen LogP contribution >= 0.6 is 0 Å². The number of carbonyl (C=O) groups is 1. The molecule has 2 rings (SSSR count). The lowest BCUT2D eigenvalue weighted by Crippen LogP contribution is -2.38. The first kappa shape index (κ1) is 14.9. The van der Waals surface area contributed by atoms with Crippen LogP contribution in [-0.2, 0) is 4.79 Å². The first-order chi connectivity index (χ1) is 9.76. The van der Waals surface area contributed by atoms with Crippen LogP contribution in [0.3, 0.4) is 0 Å². The minimum absolute atomic E-state index is 0.136. The summed E-state index contributed by atoms with van der Waals surface area (Å²) in [5.74, 6) is -1.68. The van der Waals surface area contributed by atoms with Crippen molar-refractivity contribution in [2.45, 2.75) is 6.18 Å². The molecule has 0 radical (unpaired) electrons. The maximum absolute atomic E-state index is 12.6. The number of anilines is 1. The molecule has 0 aliphatic heterocycles. The van der Waals surface area contributed by atoms with Crippen LogP contribution in [0.1, 0.15) is 0 Å². The van der Waals surface area contributed by atoms with Crippen LogP contribution in [0.2, 0.25) is 0 Å². The number of aromatic hydroxyl groups is 1. The van der Waals surface area contributed by atoms with E-state index in [1.165, 1.54) is 24.4 Å². The van der Waals surface area contributed by atoms with E-state index in [1.54, 1.807) is 6.07 Å². The third kappa shape index (κ3) is 3.74. The molecule has 2 aromatic rings. The molecule has 0 atom stereocenters. The fraction of sp³-hybridized carbons (Fsp3) is 0.231. The highest BCUT2D eigenvalue weighted by molar-refractivity contribution is 5.94. The maximum Gasteiger partial charge on any atom is 0.405 e. The van der Waals surface area contributed by atoms with Crippen LogP contribution in [0.5, 0.6) is 5.75 Å². The second-order valence-electron chi connectivity index (χ2n) is 4.40. The number of hydrogen-bond acceptors (Lipinski definition) is 4. The van der Waals surface area contributed by atoms with E-state index >= 15 is 0 Å². The first-order valence-corrected chi connectivity index (χ1v) is 5.87. The fourth-order valence-corrected chi connectivity index (χ4v) is 1.98. The third-order valence-corrected chi connectivity index (χ3v) is 2.72. The standard InChI is InChI=1S/C13H11F3N2O3/c14-13(15,16)7-18(6-11(20)21)12-10-5-9(19)2-1-8(10)3-4-17-12/h1-5,19H,6-7H2,(H,20,21). The van der Waals surface area contributed by atoms with Crippen molar-refractivity contribution >= 4 is 22.6 Å². The van der Waals surface area contributed by atoms with Crippen molar-refractivity contribution in [2.24, 2.45) is 0 Å². The number of phenols is 1. The number of aliphatic carboxylic acids is 1. The van der Waals surface area contributed by atoms with Gasteiger partial charge < -0.3 is 15.1 Å². The van der Waals surface area contributed by atoms with Gasteiger partial charge in [-0.1, -0.05) is 6.07 Å². The van der Waals surface area contributed by atoms with Gasteiger partial charge in [-0.15, -0.1) is 0 Å². The Morgan fingerprint density at radius 3 is 2.62 bits per heavy atom. The summed E-state index contributed by atoms with van der Waals surface area (Å²) in [7, 11) is 0. The van der Waals surface area contributed by atoms with Crippen molar-refractivity contribution in [1.82, 2.24) is 4.98 Å². The lowest BCUT2D eigenvalue weighted by Gasteiger charge is -2.24. The van der Waals surface area contributed by atoms with Gasteiger partial charge in [0.2, 0.25) is 0 Å². The summed E-state index contributed by atoms with van der Waals surface area (Å²) in [5.41, 5.74) is 0. The van der Waals surface area contributed by atoms with Crippen LogP contribution in [0.15, 0.2) is 30.5 Å². The first-order valence-electron chi connectivity index (χ1n) is 5.87. The van der Waals surface area contributed by atoms with Gasteiger partial charge in [0.05, 0.1) is 0 Å². The highest BCUT2D eigenvalue weighted by Gasteiger charge is 2.32. The van der Waals surface area contributed by atoms with E-state index in [4.69, 9.17) is 5.11 Å². The molecule has 0 saturated heterocycles. The minimum Gasteiger partial charge on any atom is -0.508 e. The summed E-state index contributed by atoms with van der Waals surface area (Å²) in [5, 5.41) is 19.1. The molecule has 5 nitrogen and oxygen atoms in total. The van der Waals surface area contributed by atoms with Gasteiger partial charge in [-0.3, -0.25) is 4.79 Å². The number of benzene rings is 1. The monoisotopic (exact) mass is 300 g/mol. The number of halogens is 3. The largest absolute Gasteiger partial charge is 0.508 e. The van der Waals surface area contributed by atoms with Crippen molar-refractivity contribution < 1.29 is 28.2 Å². The van der Waals surface area contributed by atoms with Crippen molar-refractivity contribution in [3.05, 3.63) is 30.5 Å². The Bertz CT molecular complexity index is 673. The van der Waals surface area contributed by atoms with Gasteiger partial charge >= 0.3 is 12.1 Å². The number of alkyl halides is 3. The number of nitrogens with zero attached hydrogens (tertiary/aromatic N) is 2. The highest BCUT2D eigenvalue weighted by atomic mass is 19.4. The third-order valence-electron chi connectivity index (χ3n) is 2.72. The molecule has 21 heavy (non-hydrogen) atoms. The summed E-state index contributed by atoms with van der Waals surface area (Å²) >= 11 is 0. The normalized spacial score (nSPS) is 11.6. The molecule has 112 valence electrons. The molecule has 1 heterocycles. The number of phenolic OH excluding ortho intramolecular Hbond substituents is 1. The summed E-state index contributed by atoms with van der Waals surface area (Å²) in [4.78, 5) is 15.2. The Labute approximate surface area is 117 Å². The Morgan fingerprint density at radius 2 is 2.00 bits per heavy atom. The zero-order valence-corrected chi connectivity index (χ0v) is 10.6. The second-order valence-corrected chi connectivity index (χ2v) is 4.40. The number of carboxylic acids is 1. The van der Waals surface area contributed by atoms with Crippen LogP contribution in [-0.4, -0.2) is 40.4 Å². The molecule has 1 aromatic carbocycles. The Morgan fingerprint density at radius 1 is 1.29 bits per heavy atom. The second kappa shape index (κ2) is 5.47. The number of carboxylic acid groups (broad SMARTS) is 1. The quantitative estimate of drug-likeness (QED) is 0.907. The topological polar surface area (TPSA) is 73.7 Å². The summed E-state index contributed by atoms with van der Waals surface area (Å²) in [6, 6.07) is 5.72. The number of rotatable bonds is 4. The molecule has 8 heteroatoms. The van der Waals surface area contributed by atoms with Crippen molar-refractivity contribution in [3.63, 3.8) is 0 Å². The summed E-state index contributed by atoms with van der Waals surface area (Å²) in [6.45, 7) is -2.29. The average Bonchev–Trinajstić information content (AvgIpc) is 2.35. The van der Waals surface area contributed by atoms with Crippen molar-refractivity contribution in [3.8, 4) is 5.75 Å². The molecule has 0 aliphatic carbocycles. The van der Waals surface area contributed by atoms with Crippen molar-refractivity contribution in [1.29, 1.82) is 0 Å². The Hall–Kier alpha value is -2.51. The number of fused-ring (bicyclic) bond motifs is 1. The van der Waals surface area contributed by atoms with E-state index in [1.807, 2.05) is 0 Å². The van der Waals surface area contributed by atoms with Gasteiger partial charge in [-0.25, -0.2) is 4.98 Å². The molecular formula is C13H11F3N2O3. The van der Waals surface area contributed by atoms with Gasteiger partial charge in [0.25, 0.3) is 0 Å². The van der Waals surface area contributed by atoms with Gasteiger partial charge in [0.15, 0.2) is 0 Å². The number of aromatic nitrogens is 1. The molecule has 0 fully saturated rings. The minimum atomic E-state index is -4.57. The van der Waals surface area contributed by atoms with Crippen LogP contribution < -0.4 is 4.90 Å². The van der Waals surface area contributed by atoms with E-state index in [9.17, 15) is 23.1 Å². The molecule has 2 N–H and O–H groups in total. The van der Waals surface area contributed by atoms with Crippen LogP contribution in [0.4, 0.5) is 19.0 Å². The van der Waals surface area contributed by atoms with E-state index in [0.717, 1.165) is 0 Å². The molecule has 0 saturated carbocycles. The molecule has 0 aliphatic rings. The van der Waals surface area contributed by atoms with Crippen LogP contribution in [0.25, 0.3) is 10.8 Å². The predicted octanol–water partition coefficient (Wildman–Crippen LogP) is 2.39. The lowest BCUT2D eigenvalue weighted by molar-refractivity contribution is -0.136. The zero-order valence-electron chi connectivity index (χ0n) is 10.6. The summed E-state index contributed by atoms with van der Waals surface area (Å²) in [6.07, 6.45) is -3.28. The van der Waals surface area contributed by atoms with E-state index in [0.29, 0.717) is 10.3 Å². The molecule has 0 unspecified atom stereocenters. The molecule has 1 aromatic heterocycles. The molecular weight excluding hydrogens is 289 g/mol. The highest BCUT2D eigenvalue weighted by Crippen LogP contribution is 2.29. The summed E-state index contributed by atoms with van der Waals surface area (Å²) < 4.78 is 37.8. The fourth-order valence-electron chi connectivity index (χ4n) is 1.98. The van der Waals surface area contributed by atoms with Crippen molar-refractivity contribution in [2.75, 3.05) is 18.0 Å². The number of hydrogen-bond donors (Lipinski definition) is 2. The average molecular weight is 300 g/mol. The molecule has 0 bridgehead atoms. The molecule has 0 amide bonds. The Kier molecular flexibility index (Phi) is 3.88. The molecule has 0 spiro atoms. The SMILES string of the molecule is O=C(O)CN(CC(F)(F)F)c1nccc2ccc(O)cc12. The maximum atomic E-state index is 12.6. The Balaban J connectivity index is 2.53. The van der Waals surface area contributed by atoms with E-state index < -0.39 is 25.2 Å². The van der Waals surface area contributed by atoms with Gasteiger partial charge in [0, 0.05) is 11.6 Å².